The summed E-state index contributed by atoms with van der Waals surface area (Å²) < 4.78 is 13.2. The average Bonchev–Trinajstić information content (AvgIpc) is 2.97. The zero-order valence-corrected chi connectivity index (χ0v) is 15.2. The number of fused-ring (bicyclic) bond motifs is 1. The SMILES string of the molecule is COc1ccc2c(c1)[C@H](NC(=O)CCc1ccnn1C)CC(C)(C)O2. The van der Waals surface area contributed by atoms with Gasteiger partial charge in [-0.25, -0.2) is 0 Å². The van der Waals surface area contributed by atoms with Gasteiger partial charge in [0.25, 0.3) is 0 Å². The molecule has 1 aliphatic rings. The van der Waals surface area contributed by atoms with Crippen molar-refractivity contribution in [2.24, 2.45) is 7.05 Å². The van der Waals surface area contributed by atoms with Crippen molar-refractivity contribution in [1.82, 2.24) is 15.1 Å². The first-order valence-corrected chi connectivity index (χ1v) is 8.51. The van der Waals surface area contributed by atoms with Gasteiger partial charge in [0.15, 0.2) is 0 Å². The smallest absolute Gasteiger partial charge is 0.220 e. The minimum atomic E-state index is -0.332. The second-order valence-electron chi connectivity index (χ2n) is 7.04. The monoisotopic (exact) mass is 343 g/mol. The van der Waals surface area contributed by atoms with Crippen LogP contribution in [-0.2, 0) is 18.3 Å². The van der Waals surface area contributed by atoms with Crippen molar-refractivity contribution < 1.29 is 14.3 Å². The molecule has 0 bridgehead atoms. The number of hydrogen-bond acceptors (Lipinski definition) is 4. The molecule has 0 saturated carbocycles. The van der Waals surface area contributed by atoms with Crippen molar-refractivity contribution in [3.05, 3.63) is 41.7 Å². The molecule has 0 unspecified atom stereocenters. The third kappa shape index (κ3) is 3.95. The number of methoxy groups -OCH3 is 1. The van der Waals surface area contributed by atoms with Crippen molar-refractivity contribution in [3.63, 3.8) is 0 Å². The van der Waals surface area contributed by atoms with Crippen molar-refractivity contribution >= 4 is 5.91 Å². The average molecular weight is 343 g/mol. The minimum absolute atomic E-state index is 0.0256. The van der Waals surface area contributed by atoms with Gasteiger partial charge >= 0.3 is 0 Å². The lowest BCUT2D eigenvalue weighted by molar-refractivity contribution is -0.122. The summed E-state index contributed by atoms with van der Waals surface area (Å²) >= 11 is 0. The minimum Gasteiger partial charge on any atom is -0.497 e. The first-order chi connectivity index (χ1) is 11.9. The third-order valence-corrected chi connectivity index (χ3v) is 4.54. The van der Waals surface area contributed by atoms with E-state index in [1.807, 2.05) is 45.2 Å². The van der Waals surface area contributed by atoms with Crippen LogP contribution in [0.3, 0.4) is 0 Å². The summed E-state index contributed by atoms with van der Waals surface area (Å²) in [4.78, 5) is 12.5. The maximum atomic E-state index is 12.5. The number of carbonyl (C=O) groups excluding carboxylic acids is 1. The summed E-state index contributed by atoms with van der Waals surface area (Å²) in [5, 5.41) is 7.29. The first kappa shape index (κ1) is 17.3. The Labute approximate surface area is 148 Å². The summed E-state index contributed by atoms with van der Waals surface area (Å²) in [5.74, 6) is 1.59. The fourth-order valence-corrected chi connectivity index (χ4v) is 3.24. The predicted molar refractivity (Wildman–Crippen MR) is 94.7 cm³/mol. The van der Waals surface area contributed by atoms with Crippen LogP contribution in [-0.4, -0.2) is 28.4 Å². The Bertz CT molecular complexity index is 767. The lowest BCUT2D eigenvalue weighted by Crippen LogP contribution is -2.41. The maximum absolute atomic E-state index is 12.5. The molecular weight excluding hydrogens is 318 g/mol. The number of hydrogen-bond donors (Lipinski definition) is 1. The fraction of sp³-hybridized carbons (Fsp3) is 0.474. The van der Waals surface area contributed by atoms with Crippen molar-refractivity contribution in [2.75, 3.05) is 7.11 Å². The second-order valence-corrected chi connectivity index (χ2v) is 7.04. The van der Waals surface area contributed by atoms with Gasteiger partial charge in [-0.05, 0) is 44.5 Å². The van der Waals surface area contributed by atoms with Crippen LogP contribution in [0.1, 0.15) is 44.0 Å². The van der Waals surface area contributed by atoms with E-state index < -0.39 is 0 Å². The van der Waals surface area contributed by atoms with E-state index in [4.69, 9.17) is 9.47 Å². The highest BCUT2D eigenvalue weighted by atomic mass is 16.5. The molecule has 1 N–H and O–H groups in total. The van der Waals surface area contributed by atoms with Crippen LogP contribution >= 0.6 is 0 Å². The van der Waals surface area contributed by atoms with Crippen LogP contribution in [0.25, 0.3) is 0 Å². The van der Waals surface area contributed by atoms with Crippen molar-refractivity contribution in [2.45, 2.75) is 44.8 Å². The Balaban J connectivity index is 1.72. The number of amides is 1. The van der Waals surface area contributed by atoms with E-state index in [1.165, 1.54) is 0 Å². The molecule has 0 aliphatic carbocycles. The number of aromatic nitrogens is 2. The van der Waals surface area contributed by atoms with E-state index in [-0.39, 0.29) is 17.6 Å². The summed E-state index contributed by atoms with van der Waals surface area (Å²) in [6, 6.07) is 7.57. The van der Waals surface area contributed by atoms with Gasteiger partial charge in [0.1, 0.15) is 17.1 Å². The van der Waals surface area contributed by atoms with E-state index in [0.29, 0.717) is 19.3 Å². The van der Waals surface area contributed by atoms with Crippen LogP contribution in [0.5, 0.6) is 11.5 Å². The lowest BCUT2D eigenvalue weighted by Gasteiger charge is -2.38. The van der Waals surface area contributed by atoms with Crippen LogP contribution in [0.15, 0.2) is 30.5 Å². The van der Waals surface area contributed by atoms with Gasteiger partial charge in [-0.1, -0.05) is 0 Å². The highest BCUT2D eigenvalue weighted by Gasteiger charge is 2.34. The quantitative estimate of drug-likeness (QED) is 0.907. The Morgan fingerprint density at radius 1 is 1.44 bits per heavy atom. The topological polar surface area (TPSA) is 65.4 Å². The van der Waals surface area contributed by atoms with Gasteiger partial charge in [-0.15, -0.1) is 0 Å². The zero-order valence-electron chi connectivity index (χ0n) is 15.2. The molecule has 0 fully saturated rings. The van der Waals surface area contributed by atoms with Gasteiger partial charge in [0.05, 0.1) is 13.2 Å². The van der Waals surface area contributed by atoms with E-state index in [1.54, 1.807) is 18.0 Å². The van der Waals surface area contributed by atoms with E-state index in [2.05, 4.69) is 10.4 Å². The van der Waals surface area contributed by atoms with Crippen LogP contribution in [0, 0.1) is 0 Å². The molecule has 6 heteroatoms. The summed E-state index contributed by atoms with van der Waals surface area (Å²) in [6.07, 6.45) is 3.55. The Hall–Kier alpha value is -2.50. The molecule has 6 nitrogen and oxygen atoms in total. The number of rotatable bonds is 5. The maximum Gasteiger partial charge on any atom is 0.220 e. The fourth-order valence-electron chi connectivity index (χ4n) is 3.24. The number of nitrogens with zero attached hydrogens (tertiary/aromatic N) is 2. The Morgan fingerprint density at radius 2 is 2.24 bits per heavy atom. The summed E-state index contributed by atoms with van der Waals surface area (Å²) in [7, 11) is 3.52. The van der Waals surface area contributed by atoms with Crippen LogP contribution < -0.4 is 14.8 Å². The predicted octanol–water partition coefficient (Wildman–Crippen LogP) is 2.78. The molecule has 134 valence electrons. The molecule has 0 spiro atoms. The number of benzene rings is 1. The Morgan fingerprint density at radius 3 is 2.92 bits per heavy atom. The molecule has 1 aromatic heterocycles. The molecule has 2 heterocycles. The van der Waals surface area contributed by atoms with Gasteiger partial charge in [-0.3, -0.25) is 9.48 Å². The highest BCUT2D eigenvalue weighted by Crippen LogP contribution is 2.41. The van der Waals surface area contributed by atoms with E-state index >= 15 is 0 Å². The van der Waals surface area contributed by atoms with E-state index in [9.17, 15) is 4.79 Å². The normalized spacial score (nSPS) is 18.2. The molecule has 3 rings (SSSR count). The first-order valence-electron chi connectivity index (χ1n) is 8.51. The molecule has 1 amide bonds. The third-order valence-electron chi connectivity index (χ3n) is 4.54. The molecule has 1 aliphatic heterocycles. The van der Waals surface area contributed by atoms with E-state index in [0.717, 1.165) is 22.8 Å². The standard InChI is InChI=1S/C19H25N3O3/c1-19(2)12-16(15-11-14(24-4)6-7-17(15)25-19)21-18(23)8-5-13-9-10-20-22(13)3/h6-7,9-11,16H,5,8,12H2,1-4H3,(H,21,23)/t16-/m1/s1. The summed E-state index contributed by atoms with van der Waals surface area (Å²) in [5.41, 5.74) is 1.68. The molecule has 2 aromatic rings. The number of aryl methyl sites for hydroxylation is 2. The highest BCUT2D eigenvalue weighted by molar-refractivity contribution is 5.77. The summed E-state index contributed by atoms with van der Waals surface area (Å²) in [6.45, 7) is 4.07. The largest absolute Gasteiger partial charge is 0.497 e. The molecule has 1 atom stereocenters. The second kappa shape index (κ2) is 6.78. The zero-order chi connectivity index (χ0) is 18.0. The van der Waals surface area contributed by atoms with Crippen molar-refractivity contribution in [3.8, 4) is 11.5 Å². The van der Waals surface area contributed by atoms with Gasteiger partial charge in [0.2, 0.25) is 5.91 Å². The van der Waals surface area contributed by atoms with Gasteiger partial charge < -0.3 is 14.8 Å². The Kier molecular flexibility index (Phi) is 4.70. The van der Waals surface area contributed by atoms with Gasteiger partial charge in [0, 0.05) is 37.3 Å². The number of nitrogens with one attached hydrogen (secondary N) is 1. The molecule has 1 aromatic carbocycles. The molecule has 0 radical (unpaired) electrons. The molecule has 0 saturated heterocycles. The number of ether oxygens (including phenoxy) is 2. The molecule has 25 heavy (non-hydrogen) atoms. The van der Waals surface area contributed by atoms with Crippen molar-refractivity contribution in [1.29, 1.82) is 0 Å². The van der Waals surface area contributed by atoms with Crippen LogP contribution in [0.4, 0.5) is 0 Å². The lowest BCUT2D eigenvalue weighted by atomic mass is 9.89. The number of carbonyl (C=O) groups is 1. The van der Waals surface area contributed by atoms with Gasteiger partial charge in [-0.2, -0.15) is 5.10 Å². The van der Waals surface area contributed by atoms with Crippen LogP contribution in [0.2, 0.25) is 0 Å². The molecular formula is C19H25N3O3.